The molecule has 1 saturated heterocycles. The molecular weight excluding hydrogens is 434 g/mol. The summed E-state index contributed by atoms with van der Waals surface area (Å²) in [6.07, 6.45) is -3.75. The molecule has 0 radical (unpaired) electrons. The van der Waals surface area contributed by atoms with Gasteiger partial charge in [-0.2, -0.15) is 17.7 Å². The smallest absolute Gasteiger partial charge is 0.453 e. The summed E-state index contributed by atoms with van der Waals surface area (Å²) in [5.41, 5.74) is -0.00265. The number of anilines is 1. The number of carbonyl (C=O) groups excluding carboxylic acids is 1. The first kappa shape index (κ1) is 21.8. The van der Waals surface area contributed by atoms with Crippen molar-refractivity contribution in [2.75, 3.05) is 31.2 Å². The predicted molar refractivity (Wildman–Crippen MR) is 104 cm³/mol. The van der Waals surface area contributed by atoms with E-state index in [4.69, 9.17) is 9.47 Å². The van der Waals surface area contributed by atoms with Crippen molar-refractivity contribution in [1.29, 1.82) is 0 Å². The van der Waals surface area contributed by atoms with Gasteiger partial charge in [0.25, 0.3) is 5.82 Å². The SMILES string of the molecule is O=C(OCCOc1ccccc1F)C1CCN(c2ccc3nnc(C(F)(F)F)n3n2)CC1. The highest BCUT2D eigenvalue weighted by molar-refractivity contribution is 5.72. The Kier molecular flexibility index (Phi) is 6.10. The number of alkyl halides is 3. The Bertz CT molecular complexity index is 1100. The summed E-state index contributed by atoms with van der Waals surface area (Å²) in [5, 5.41) is 10.7. The second kappa shape index (κ2) is 8.97. The van der Waals surface area contributed by atoms with Gasteiger partial charge in [0.15, 0.2) is 17.2 Å². The fourth-order valence-electron chi connectivity index (χ4n) is 3.44. The van der Waals surface area contributed by atoms with Gasteiger partial charge in [0.05, 0.1) is 5.92 Å². The van der Waals surface area contributed by atoms with Gasteiger partial charge in [-0.25, -0.2) is 4.39 Å². The molecule has 1 fully saturated rings. The van der Waals surface area contributed by atoms with Crippen molar-refractivity contribution in [2.45, 2.75) is 19.0 Å². The quantitative estimate of drug-likeness (QED) is 0.322. The molecule has 1 aliphatic rings. The number of esters is 1. The van der Waals surface area contributed by atoms with E-state index in [1.165, 1.54) is 18.2 Å². The number of nitrogens with zero attached hydrogens (tertiary/aromatic N) is 5. The first-order valence-corrected chi connectivity index (χ1v) is 9.91. The van der Waals surface area contributed by atoms with Crippen LogP contribution in [-0.2, 0) is 15.7 Å². The lowest BCUT2D eigenvalue weighted by atomic mass is 9.97. The zero-order valence-electron chi connectivity index (χ0n) is 16.8. The van der Waals surface area contributed by atoms with Crippen LogP contribution in [0.3, 0.4) is 0 Å². The molecule has 8 nitrogen and oxygen atoms in total. The lowest BCUT2D eigenvalue weighted by Crippen LogP contribution is -2.38. The number of carbonyl (C=O) groups is 1. The lowest BCUT2D eigenvalue weighted by Gasteiger charge is -2.31. The van der Waals surface area contributed by atoms with Crippen LogP contribution in [0.1, 0.15) is 18.7 Å². The maximum Gasteiger partial charge on any atom is 0.453 e. The van der Waals surface area contributed by atoms with E-state index in [9.17, 15) is 22.4 Å². The van der Waals surface area contributed by atoms with E-state index in [1.807, 2.05) is 0 Å². The highest BCUT2D eigenvalue weighted by Crippen LogP contribution is 2.29. The number of ether oxygens (including phenoxy) is 2. The summed E-state index contributed by atoms with van der Waals surface area (Å²) >= 11 is 0. The molecule has 12 heteroatoms. The van der Waals surface area contributed by atoms with E-state index in [2.05, 4.69) is 15.3 Å². The van der Waals surface area contributed by atoms with E-state index in [1.54, 1.807) is 23.1 Å². The third kappa shape index (κ3) is 4.73. The average molecular weight is 453 g/mol. The third-order valence-corrected chi connectivity index (χ3v) is 5.08. The number of hydrogen-bond acceptors (Lipinski definition) is 7. The van der Waals surface area contributed by atoms with Crippen LogP contribution in [0.25, 0.3) is 5.65 Å². The maximum atomic E-state index is 13.5. The molecule has 1 aromatic carbocycles. The van der Waals surface area contributed by atoms with Crippen molar-refractivity contribution in [3.8, 4) is 5.75 Å². The Morgan fingerprint density at radius 3 is 2.53 bits per heavy atom. The molecule has 0 aliphatic carbocycles. The Balaban J connectivity index is 1.28. The number of para-hydroxylation sites is 1. The summed E-state index contributed by atoms with van der Waals surface area (Å²) in [6.45, 7) is 0.857. The van der Waals surface area contributed by atoms with Crippen LogP contribution < -0.4 is 9.64 Å². The van der Waals surface area contributed by atoms with E-state index < -0.39 is 17.8 Å². The Labute approximate surface area is 179 Å². The molecule has 32 heavy (non-hydrogen) atoms. The molecule has 0 N–H and O–H groups in total. The lowest BCUT2D eigenvalue weighted by molar-refractivity contribution is -0.150. The molecule has 0 atom stereocenters. The van der Waals surface area contributed by atoms with Crippen LogP contribution in [-0.4, -0.2) is 52.1 Å². The molecular formula is C20H19F4N5O3. The summed E-state index contributed by atoms with van der Waals surface area (Å²) in [7, 11) is 0. The monoisotopic (exact) mass is 453 g/mol. The van der Waals surface area contributed by atoms with Crippen LogP contribution in [0.15, 0.2) is 36.4 Å². The molecule has 0 bridgehead atoms. The van der Waals surface area contributed by atoms with Gasteiger partial charge in [0.2, 0.25) is 0 Å². The van der Waals surface area contributed by atoms with Gasteiger partial charge in [0.1, 0.15) is 19.0 Å². The van der Waals surface area contributed by atoms with Crippen molar-refractivity contribution in [3.63, 3.8) is 0 Å². The number of piperidine rings is 1. The van der Waals surface area contributed by atoms with Gasteiger partial charge in [-0.15, -0.1) is 15.3 Å². The summed E-state index contributed by atoms with van der Waals surface area (Å²) in [6, 6.07) is 8.93. The molecule has 2 aromatic heterocycles. The minimum Gasteiger partial charge on any atom is -0.487 e. The fourth-order valence-corrected chi connectivity index (χ4v) is 3.44. The molecule has 3 aromatic rings. The van der Waals surface area contributed by atoms with Crippen LogP contribution in [0.4, 0.5) is 23.4 Å². The van der Waals surface area contributed by atoms with Gasteiger partial charge in [-0.1, -0.05) is 12.1 Å². The summed E-state index contributed by atoms with van der Waals surface area (Å²) in [4.78, 5) is 14.1. The summed E-state index contributed by atoms with van der Waals surface area (Å²) in [5.74, 6) is -1.99. The summed E-state index contributed by atoms with van der Waals surface area (Å²) < 4.78 is 63.8. The first-order valence-electron chi connectivity index (χ1n) is 9.91. The number of halogens is 4. The van der Waals surface area contributed by atoms with Crippen molar-refractivity contribution < 1.29 is 31.8 Å². The number of aromatic nitrogens is 4. The fraction of sp³-hybridized carbons (Fsp3) is 0.400. The standard InChI is InChI=1S/C20H19F4N5O3/c21-14-3-1-2-4-15(14)31-11-12-32-18(30)13-7-9-28(10-8-13)17-6-5-16-25-26-19(20(22,23)24)29(16)27-17/h1-6,13H,7-12H2. The number of hydrogen-bond donors (Lipinski definition) is 0. The largest absolute Gasteiger partial charge is 0.487 e. The zero-order valence-corrected chi connectivity index (χ0v) is 16.8. The molecule has 3 heterocycles. The second-order valence-electron chi connectivity index (χ2n) is 7.19. The van der Waals surface area contributed by atoms with Crippen LogP contribution >= 0.6 is 0 Å². The third-order valence-electron chi connectivity index (χ3n) is 5.08. The second-order valence-corrected chi connectivity index (χ2v) is 7.19. The van der Waals surface area contributed by atoms with E-state index >= 15 is 0 Å². The van der Waals surface area contributed by atoms with E-state index in [0.29, 0.717) is 36.3 Å². The predicted octanol–water partition coefficient (Wildman–Crippen LogP) is 3.12. The molecule has 0 unspecified atom stereocenters. The minimum atomic E-state index is -4.67. The van der Waals surface area contributed by atoms with Crippen molar-refractivity contribution in [1.82, 2.24) is 19.8 Å². The Hall–Kier alpha value is -3.44. The van der Waals surface area contributed by atoms with Gasteiger partial charge in [-0.3, -0.25) is 4.79 Å². The van der Waals surface area contributed by atoms with Crippen molar-refractivity contribution in [2.24, 2.45) is 5.92 Å². The molecule has 170 valence electrons. The number of rotatable bonds is 6. The molecule has 0 amide bonds. The topological polar surface area (TPSA) is 81.9 Å². The minimum absolute atomic E-state index is 0.00265. The maximum absolute atomic E-state index is 13.5. The highest BCUT2D eigenvalue weighted by Gasteiger charge is 2.38. The van der Waals surface area contributed by atoms with Gasteiger partial charge >= 0.3 is 12.1 Å². The zero-order chi connectivity index (χ0) is 22.7. The van der Waals surface area contributed by atoms with Crippen LogP contribution in [0.2, 0.25) is 0 Å². The molecule has 0 saturated carbocycles. The van der Waals surface area contributed by atoms with Gasteiger partial charge in [-0.05, 0) is 37.1 Å². The average Bonchev–Trinajstić information content (AvgIpc) is 3.22. The normalized spacial score (nSPS) is 15.2. The van der Waals surface area contributed by atoms with E-state index in [0.717, 1.165) is 0 Å². The van der Waals surface area contributed by atoms with Gasteiger partial charge < -0.3 is 14.4 Å². The Morgan fingerprint density at radius 2 is 1.81 bits per heavy atom. The molecule has 0 spiro atoms. The number of benzene rings is 1. The number of fused-ring (bicyclic) bond motifs is 1. The first-order chi connectivity index (χ1) is 15.3. The Morgan fingerprint density at radius 1 is 1.06 bits per heavy atom. The molecule has 4 rings (SSSR count). The van der Waals surface area contributed by atoms with E-state index in [-0.39, 0.29) is 36.5 Å². The highest BCUT2D eigenvalue weighted by atomic mass is 19.4. The van der Waals surface area contributed by atoms with Crippen molar-refractivity contribution >= 4 is 17.4 Å². The molecule has 1 aliphatic heterocycles. The van der Waals surface area contributed by atoms with Gasteiger partial charge in [0, 0.05) is 13.1 Å². The van der Waals surface area contributed by atoms with Crippen LogP contribution in [0, 0.1) is 11.7 Å². The van der Waals surface area contributed by atoms with Crippen LogP contribution in [0.5, 0.6) is 5.75 Å². The van der Waals surface area contributed by atoms with Crippen molar-refractivity contribution in [3.05, 3.63) is 48.0 Å².